The molecule has 102 valence electrons. The Kier molecular flexibility index (Phi) is 3.44. The zero-order chi connectivity index (χ0) is 13.4. The van der Waals surface area contributed by atoms with Gasteiger partial charge in [0.05, 0.1) is 11.7 Å². The van der Waals surface area contributed by atoms with Crippen molar-refractivity contribution in [2.24, 2.45) is 5.92 Å². The highest BCUT2D eigenvalue weighted by molar-refractivity contribution is 7.18. The molecule has 0 bridgehead atoms. The predicted molar refractivity (Wildman–Crippen MR) is 80.0 cm³/mol. The summed E-state index contributed by atoms with van der Waals surface area (Å²) in [6.45, 7) is 5.15. The van der Waals surface area contributed by atoms with Crippen LogP contribution in [0.3, 0.4) is 0 Å². The maximum Gasteiger partial charge on any atom is 0.262 e. The fraction of sp³-hybridized carbons (Fsp3) is 0.600. The molecule has 3 rings (SSSR count). The molecule has 0 N–H and O–H groups in total. The predicted octanol–water partition coefficient (Wildman–Crippen LogP) is 3.38. The lowest BCUT2D eigenvalue weighted by atomic mass is 9.97. The molecule has 3 nitrogen and oxygen atoms in total. The number of hydrogen-bond acceptors (Lipinski definition) is 3. The first-order chi connectivity index (χ1) is 9.16. The summed E-state index contributed by atoms with van der Waals surface area (Å²) < 4.78 is 1.80. The van der Waals surface area contributed by atoms with Crippen LogP contribution in [0.1, 0.15) is 43.6 Å². The van der Waals surface area contributed by atoms with Gasteiger partial charge in [-0.3, -0.25) is 9.36 Å². The molecule has 0 fully saturated rings. The van der Waals surface area contributed by atoms with E-state index in [2.05, 4.69) is 18.8 Å². The third kappa shape index (κ3) is 2.34. The van der Waals surface area contributed by atoms with E-state index in [-0.39, 0.29) is 5.56 Å². The van der Waals surface area contributed by atoms with E-state index in [1.54, 1.807) is 22.2 Å². The lowest BCUT2D eigenvalue weighted by Crippen LogP contribution is -2.21. The van der Waals surface area contributed by atoms with Crippen molar-refractivity contribution in [1.29, 1.82) is 0 Å². The molecule has 1 aliphatic rings. The number of nitrogens with zero attached hydrogens (tertiary/aromatic N) is 2. The van der Waals surface area contributed by atoms with Crippen molar-refractivity contribution < 1.29 is 0 Å². The molecule has 2 aromatic rings. The molecule has 0 unspecified atom stereocenters. The van der Waals surface area contributed by atoms with E-state index in [1.807, 2.05) is 0 Å². The van der Waals surface area contributed by atoms with E-state index in [1.165, 1.54) is 23.3 Å². The minimum Gasteiger partial charge on any atom is -0.299 e. The van der Waals surface area contributed by atoms with Gasteiger partial charge in [0, 0.05) is 11.4 Å². The molecule has 0 saturated carbocycles. The summed E-state index contributed by atoms with van der Waals surface area (Å²) in [5, 5.41) is 0.908. The number of aromatic nitrogens is 2. The molecule has 0 saturated heterocycles. The van der Waals surface area contributed by atoms with Crippen molar-refractivity contribution in [1.82, 2.24) is 9.55 Å². The molecule has 4 heteroatoms. The van der Waals surface area contributed by atoms with Crippen molar-refractivity contribution in [3.05, 3.63) is 27.1 Å². The van der Waals surface area contributed by atoms with Crippen LogP contribution in [0.15, 0.2) is 11.1 Å². The second kappa shape index (κ2) is 5.08. The Bertz CT molecular complexity index is 654. The molecule has 2 heterocycles. The molecule has 0 atom stereocenters. The van der Waals surface area contributed by atoms with Crippen LogP contribution in [0.5, 0.6) is 0 Å². The molecule has 2 aromatic heterocycles. The fourth-order valence-electron chi connectivity index (χ4n) is 2.74. The molecule has 19 heavy (non-hydrogen) atoms. The third-order valence-corrected chi connectivity index (χ3v) is 5.09. The van der Waals surface area contributed by atoms with Gasteiger partial charge in [-0.25, -0.2) is 4.98 Å². The van der Waals surface area contributed by atoms with Gasteiger partial charge in [0.2, 0.25) is 0 Å². The van der Waals surface area contributed by atoms with Gasteiger partial charge in [-0.1, -0.05) is 13.8 Å². The number of fused-ring (bicyclic) bond motifs is 3. The summed E-state index contributed by atoms with van der Waals surface area (Å²) in [6.07, 6.45) is 7.40. The quantitative estimate of drug-likeness (QED) is 0.861. The average molecular weight is 276 g/mol. The highest BCUT2D eigenvalue weighted by Gasteiger charge is 2.19. The normalized spacial score (nSPS) is 15.1. The zero-order valence-corrected chi connectivity index (χ0v) is 12.4. The van der Waals surface area contributed by atoms with Gasteiger partial charge >= 0.3 is 0 Å². The van der Waals surface area contributed by atoms with Crippen molar-refractivity contribution in [3.8, 4) is 0 Å². The SMILES string of the molecule is CC(C)CCn1cnc2sc3c(c2c1=O)CCCC3. The summed E-state index contributed by atoms with van der Waals surface area (Å²) in [4.78, 5) is 19.4. The zero-order valence-electron chi connectivity index (χ0n) is 11.6. The van der Waals surface area contributed by atoms with Crippen LogP contribution in [0, 0.1) is 5.92 Å². The van der Waals surface area contributed by atoms with Gasteiger partial charge in [-0.15, -0.1) is 11.3 Å². The summed E-state index contributed by atoms with van der Waals surface area (Å²) in [5.74, 6) is 0.610. The first kappa shape index (κ1) is 12.9. The van der Waals surface area contributed by atoms with Crippen LogP contribution in [0.25, 0.3) is 10.2 Å². The summed E-state index contributed by atoms with van der Waals surface area (Å²) in [6, 6.07) is 0. The highest BCUT2D eigenvalue weighted by atomic mass is 32.1. The van der Waals surface area contributed by atoms with Crippen molar-refractivity contribution in [2.75, 3.05) is 0 Å². The Morgan fingerprint density at radius 2 is 2.16 bits per heavy atom. The van der Waals surface area contributed by atoms with Gasteiger partial charge in [0.1, 0.15) is 4.83 Å². The second-order valence-corrected chi connectivity index (χ2v) is 6.90. The van der Waals surface area contributed by atoms with E-state index in [0.29, 0.717) is 5.92 Å². The Hall–Kier alpha value is -1.16. The van der Waals surface area contributed by atoms with Gasteiger partial charge in [-0.05, 0) is 43.6 Å². The molecular weight excluding hydrogens is 256 g/mol. The molecule has 0 spiro atoms. The van der Waals surface area contributed by atoms with E-state index in [4.69, 9.17) is 0 Å². The molecule has 0 amide bonds. The molecule has 0 radical (unpaired) electrons. The van der Waals surface area contributed by atoms with Crippen LogP contribution < -0.4 is 5.56 Å². The van der Waals surface area contributed by atoms with Crippen LogP contribution in [0.4, 0.5) is 0 Å². The first-order valence-electron chi connectivity index (χ1n) is 7.16. The van der Waals surface area contributed by atoms with Crippen LogP contribution in [-0.4, -0.2) is 9.55 Å². The minimum absolute atomic E-state index is 0.171. The number of rotatable bonds is 3. The maximum atomic E-state index is 12.6. The Morgan fingerprint density at radius 3 is 2.95 bits per heavy atom. The lowest BCUT2D eigenvalue weighted by Gasteiger charge is -2.11. The minimum atomic E-state index is 0.171. The summed E-state index contributed by atoms with van der Waals surface area (Å²) in [7, 11) is 0. The maximum absolute atomic E-state index is 12.6. The van der Waals surface area contributed by atoms with Crippen LogP contribution in [0.2, 0.25) is 0 Å². The van der Waals surface area contributed by atoms with Gasteiger partial charge in [-0.2, -0.15) is 0 Å². The first-order valence-corrected chi connectivity index (χ1v) is 7.98. The van der Waals surface area contributed by atoms with Crippen molar-refractivity contribution in [3.63, 3.8) is 0 Å². The largest absolute Gasteiger partial charge is 0.299 e. The smallest absolute Gasteiger partial charge is 0.262 e. The monoisotopic (exact) mass is 276 g/mol. The van der Waals surface area contributed by atoms with E-state index in [0.717, 1.165) is 36.0 Å². The fourth-order valence-corrected chi connectivity index (χ4v) is 3.96. The number of thiophene rings is 1. The van der Waals surface area contributed by atoms with Crippen LogP contribution in [-0.2, 0) is 19.4 Å². The van der Waals surface area contributed by atoms with E-state index < -0.39 is 0 Å². The lowest BCUT2D eigenvalue weighted by molar-refractivity contribution is 0.506. The van der Waals surface area contributed by atoms with Crippen LogP contribution >= 0.6 is 11.3 Å². The topological polar surface area (TPSA) is 34.9 Å². The van der Waals surface area contributed by atoms with Gasteiger partial charge in [0.15, 0.2) is 0 Å². The summed E-state index contributed by atoms with van der Waals surface area (Å²) >= 11 is 1.72. The van der Waals surface area contributed by atoms with Gasteiger partial charge in [0.25, 0.3) is 5.56 Å². The molecule has 0 aromatic carbocycles. The number of aryl methyl sites for hydroxylation is 3. The van der Waals surface area contributed by atoms with Gasteiger partial charge < -0.3 is 0 Å². The Balaban J connectivity index is 2.07. The van der Waals surface area contributed by atoms with E-state index >= 15 is 0 Å². The molecular formula is C15H20N2OS. The average Bonchev–Trinajstić information content (AvgIpc) is 2.76. The standard InChI is InChI=1S/C15H20N2OS/c1-10(2)7-8-17-9-16-14-13(15(17)18)11-5-3-4-6-12(11)19-14/h9-10H,3-8H2,1-2H3. The summed E-state index contributed by atoms with van der Waals surface area (Å²) in [5.41, 5.74) is 1.47. The Morgan fingerprint density at radius 1 is 1.37 bits per heavy atom. The molecule has 1 aliphatic carbocycles. The number of hydrogen-bond donors (Lipinski definition) is 0. The van der Waals surface area contributed by atoms with Crippen molar-refractivity contribution >= 4 is 21.6 Å². The second-order valence-electron chi connectivity index (χ2n) is 5.82. The third-order valence-electron chi connectivity index (χ3n) is 3.89. The van der Waals surface area contributed by atoms with Crippen molar-refractivity contribution in [2.45, 2.75) is 52.5 Å². The molecule has 0 aliphatic heterocycles. The van der Waals surface area contributed by atoms with E-state index in [9.17, 15) is 4.79 Å². The Labute approximate surface area is 117 Å². The highest BCUT2D eigenvalue weighted by Crippen LogP contribution is 2.33.